The number of rotatable bonds is 2. The largest absolute Gasteiger partial charge is 0.486 e. The van der Waals surface area contributed by atoms with Crippen LogP contribution < -0.4 is 14.8 Å². The molecule has 4 nitrogen and oxygen atoms in total. The Hall–Kier alpha value is -3.01. The average molecular weight is 331 g/mol. The van der Waals surface area contributed by atoms with Crippen molar-refractivity contribution in [3.05, 3.63) is 65.2 Å². The van der Waals surface area contributed by atoms with Gasteiger partial charge in [0.2, 0.25) is 0 Å². The van der Waals surface area contributed by atoms with Crippen LogP contribution in [0.1, 0.15) is 21.5 Å². The summed E-state index contributed by atoms with van der Waals surface area (Å²) in [6.07, 6.45) is 2.15. The smallest absolute Gasteiger partial charge is 0.255 e. The highest BCUT2D eigenvalue weighted by Crippen LogP contribution is 2.35. The summed E-state index contributed by atoms with van der Waals surface area (Å²) in [6.45, 7) is 1.05. The van der Waals surface area contributed by atoms with Crippen molar-refractivity contribution in [2.24, 2.45) is 0 Å². The normalized spacial score (nSPS) is 14.6. The molecule has 3 aromatic carbocycles. The van der Waals surface area contributed by atoms with Crippen LogP contribution >= 0.6 is 0 Å². The predicted molar refractivity (Wildman–Crippen MR) is 96.7 cm³/mol. The maximum atomic E-state index is 12.7. The molecular formula is C21H17NO3. The number of hydrogen-bond acceptors (Lipinski definition) is 3. The Balaban J connectivity index is 1.50. The van der Waals surface area contributed by atoms with Gasteiger partial charge in [-0.25, -0.2) is 0 Å². The van der Waals surface area contributed by atoms with Gasteiger partial charge in [0.15, 0.2) is 11.5 Å². The number of ether oxygens (including phenoxy) is 2. The maximum absolute atomic E-state index is 12.7. The van der Waals surface area contributed by atoms with Crippen LogP contribution in [0.5, 0.6) is 11.5 Å². The molecule has 0 radical (unpaired) electrons. The minimum atomic E-state index is -0.143. The molecule has 1 heterocycles. The van der Waals surface area contributed by atoms with E-state index in [4.69, 9.17) is 9.47 Å². The molecule has 0 saturated carbocycles. The molecule has 2 aliphatic rings. The first-order valence-electron chi connectivity index (χ1n) is 8.54. The summed E-state index contributed by atoms with van der Waals surface area (Å²) < 4.78 is 11.1. The van der Waals surface area contributed by atoms with Gasteiger partial charge in [-0.3, -0.25) is 4.79 Å². The quantitative estimate of drug-likeness (QED) is 0.773. The fraction of sp³-hybridized carbons (Fsp3) is 0.190. The highest BCUT2D eigenvalue weighted by atomic mass is 16.6. The summed E-state index contributed by atoms with van der Waals surface area (Å²) >= 11 is 0. The van der Waals surface area contributed by atoms with Gasteiger partial charge in [0, 0.05) is 16.6 Å². The highest BCUT2D eigenvalue weighted by molar-refractivity contribution is 6.10. The van der Waals surface area contributed by atoms with Crippen LogP contribution in [0.4, 0.5) is 5.69 Å². The third kappa shape index (κ3) is 2.33. The molecule has 25 heavy (non-hydrogen) atoms. The number of fused-ring (bicyclic) bond motifs is 1. The number of carbonyl (C=O) groups is 1. The Morgan fingerprint density at radius 2 is 1.68 bits per heavy atom. The first kappa shape index (κ1) is 14.3. The van der Waals surface area contributed by atoms with Crippen LogP contribution in [0.15, 0.2) is 48.5 Å². The fourth-order valence-corrected chi connectivity index (χ4v) is 3.73. The number of carbonyl (C=O) groups excluding carboxylic acids is 1. The highest BCUT2D eigenvalue weighted by Gasteiger charge is 2.18. The van der Waals surface area contributed by atoms with E-state index in [0.717, 1.165) is 23.9 Å². The van der Waals surface area contributed by atoms with E-state index in [9.17, 15) is 4.79 Å². The predicted octanol–water partition coefficient (Wildman–Crippen LogP) is 3.96. The molecule has 124 valence electrons. The number of anilines is 1. The summed E-state index contributed by atoms with van der Waals surface area (Å²) in [5.41, 5.74) is 4.14. The summed E-state index contributed by atoms with van der Waals surface area (Å²) in [7, 11) is 0. The van der Waals surface area contributed by atoms with E-state index < -0.39 is 0 Å². The van der Waals surface area contributed by atoms with Crippen molar-refractivity contribution in [3.63, 3.8) is 0 Å². The molecule has 0 atom stereocenters. The number of amides is 1. The number of benzene rings is 3. The molecule has 1 N–H and O–H groups in total. The first-order chi connectivity index (χ1) is 12.3. The molecule has 0 saturated heterocycles. The van der Waals surface area contributed by atoms with Crippen LogP contribution in [0.25, 0.3) is 10.8 Å². The van der Waals surface area contributed by atoms with Crippen LogP contribution in [-0.4, -0.2) is 19.1 Å². The minimum absolute atomic E-state index is 0.143. The summed E-state index contributed by atoms with van der Waals surface area (Å²) in [6, 6.07) is 15.7. The average Bonchev–Trinajstić information content (AvgIpc) is 3.08. The molecular weight excluding hydrogens is 314 g/mol. The second-order valence-corrected chi connectivity index (χ2v) is 6.42. The molecule has 1 aliphatic carbocycles. The van der Waals surface area contributed by atoms with E-state index in [2.05, 4.69) is 29.6 Å². The van der Waals surface area contributed by atoms with Crippen molar-refractivity contribution < 1.29 is 14.3 Å². The zero-order valence-electron chi connectivity index (χ0n) is 13.7. The topological polar surface area (TPSA) is 47.6 Å². The summed E-state index contributed by atoms with van der Waals surface area (Å²) in [4.78, 5) is 12.7. The van der Waals surface area contributed by atoms with E-state index in [1.807, 2.05) is 6.07 Å². The second-order valence-electron chi connectivity index (χ2n) is 6.42. The molecule has 4 heteroatoms. The second kappa shape index (κ2) is 5.52. The zero-order chi connectivity index (χ0) is 16.8. The fourth-order valence-electron chi connectivity index (χ4n) is 3.73. The van der Waals surface area contributed by atoms with Crippen LogP contribution in [0, 0.1) is 0 Å². The van der Waals surface area contributed by atoms with Gasteiger partial charge in [-0.2, -0.15) is 0 Å². The van der Waals surface area contributed by atoms with E-state index in [-0.39, 0.29) is 5.91 Å². The molecule has 0 spiro atoms. The van der Waals surface area contributed by atoms with Crippen LogP contribution in [0.2, 0.25) is 0 Å². The molecule has 3 aromatic rings. The zero-order valence-corrected chi connectivity index (χ0v) is 13.7. The van der Waals surface area contributed by atoms with E-state index in [1.54, 1.807) is 18.2 Å². The Bertz CT molecular complexity index is 999. The van der Waals surface area contributed by atoms with E-state index in [0.29, 0.717) is 30.3 Å². The third-order valence-corrected chi connectivity index (χ3v) is 4.93. The number of aryl methyl sites for hydroxylation is 2. The van der Waals surface area contributed by atoms with Crippen molar-refractivity contribution in [2.45, 2.75) is 12.8 Å². The van der Waals surface area contributed by atoms with Gasteiger partial charge in [0.25, 0.3) is 5.91 Å². The van der Waals surface area contributed by atoms with E-state index in [1.165, 1.54) is 16.5 Å². The molecule has 0 unspecified atom stereocenters. The standard InChI is InChI=1S/C21H17NO3/c23-21(15-7-9-18-19(12-15)25-11-10-24-18)22-17-8-6-14-5-4-13-2-1-3-16(17)20(13)14/h1-3,6-9,12H,4-5,10-11H2,(H,22,23). The Morgan fingerprint density at radius 1 is 0.880 bits per heavy atom. The lowest BCUT2D eigenvalue weighted by atomic mass is 10.0. The Morgan fingerprint density at radius 3 is 2.56 bits per heavy atom. The molecule has 1 aliphatic heterocycles. The van der Waals surface area contributed by atoms with Crippen molar-refractivity contribution in [3.8, 4) is 11.5 Å². The maximum Gasteiger partial charge on any atom is 0.255 e. The van der Waals surface area contributed by atoms with Crippen LogP contribution in [0.3, 0.4) is 0 Å². The number of hydrogen-bond donors (Lipinski definition) is 1. The van der Waals surface area contributed by atoms with Gasteiger partial charge >= 0.3 is 0 Å². The number of nitrogens with one attached hydrogen (secondary N) is 1. The SMILES string of the molecule is O=C(Nc1ccc2c3c(cccc13)CC2)c1ccc2c(c1)OCCO2. The first-order valence-corrected chi connectivity index (χ1v) is 8.54. The lowest BCUT2D eigenvalue weighted by Crippen LogP contribution is -2.17. The molecule has 0 bridgehead atoms. The Kier molecular flexibility index (Phi) is 3.17. The van der Waals surface area contributed by atoms with Crippen LogP contribution in [-0.2, 0) is 12.8 Å². The monoisotopic (exact) mass is 331 g/mol. The van der Waals surface area contributed by atoms with Crippen molar-refractivity contribution in [1.29, 1.82) is 0 Å². The van der Waals surface area contributed by atoms with Crippen molar-refractivity contribution in [2.75, 3.05) is 18.5 Å². The molecule has 0 aromatic heterocycles. The van der Waals surface area contributed by atoms with Gasteiger partial charge < -0.3 is 14.8 Å². The van der Waals surface area contributed by atoms with Gasteiger partial charge in [0.1, 0.15) is 13.2 Å². The van der Waals surface area contributed by atoms with Gasteiger partial charge in [0.05, 0.1) is 0 Å². The minimum Gasteiger partial charge on any atom is -0.486 e. The van der Waals surface area contributed by atoms with Gasteiger partial charge in [-0.05, 0) is 53.6 Å². The van der Waals surface area contributed by atoms with E-state index >= 15 is 0 Å². The van der Waals surface area contributed by atoms with Crippen molar-refractivity contribution in [1.82, 2.24) is 0 Å². The van der Waals surface area contributed by atoms with Crippen molar-refractivity contribution >= 4 is 22.4 Å². The molecule has 1 amide bonds. The molecule has 0 fully saturated rings. The van der Waals surface area contributed by atoms with Gasteiger partial charge in [-0.15, -0.1) is 0 Å². The molecule has 5 rings (SSSR count). The summed E-state index contributed by atoms with van der Waals surface area (Å²) in [5.74, 6) is 1.17. The van der Waals surface area contributed by atoms with Gasteiger partial charge in [-0.1, -0.05) is 24.3 Å². The lowest BCUT2D eigenvalue weighted by Gasteiger charge is -2.18. The third-order valence-electron chi connectivity index (χ3n) is 4.93. The Labute approximate surface area is 145 Å². The summed E-state index contributed by atoms with van der Waals surface area (Å²) in [5, 5.41) is 5.46. The lowest BCUT2D eigenvalue weighted by molar-refractivity contribution is 0.102.